The predicted molar refractivity (Wildman–Crippen MR) is 124 cm³/mol. The van der Waals surface area contributed by atoms with Gasteiger partial charge in [-0.25, -0.2) is 0 Å². The second-order valence-electron chi connectivity index (χ2n) is 6.56. The first-order valence-corrected chi connectivity index (χ1v) is 11.3. The lowest BCUT2D eigenvalue weighted by molar-refractivity contribution is -0.123. The highest BCUT2D eigenvalue weighted by molar-refractivity contribution is 8.26. The van der Waals surface area contributed by atoms with E-state index in [4.69, 9.17) is 12.2 Å². The molecule has 1 saturated heterocycles. The highest BCUT2D eigenvalue weighted by atomic mass is 32.2. The molecule has 148 valence electrons. The van der Waals surface area contributed by atoms with Crippen LogP contribution in [0, 0.1) is 0 Å². The molecule has 2 N–H and O–H groups in total. The van der Waals surface area contributed by atoms with Gasteiger partial charge in [0.25, 0.3) is 5.91 Å². The Bertz CT molecular complexity index is 1090. The molecular formula is C21H19N3O2S3. The lowest BCUT2D eigenvalue weighted by atomic mass is 10.1. The largest absolute Gasteiger partial charge is 0.361 e. The number of rotatable bonds is 7. The highest BCUT2D eigenvalue weighted by Crippen LogP contribution is 2.33. The number of carbonyl (C=O) groups is 2. The molecule has 2 aromatic heterocycles. The Hall–Kier alpha value is -2.42. The molecule has 1 aromatic carbocycles. The number of thioether (sulfide) groups is 1. The van der Waals surface area contributed by atoms with Crippen molar-refractivity contribution in [2.75, 3.05) is 13.1 Å². The SMILES string of the molecule is O=C(CCN1C(=O)/C(=C/c2cccs2)SC1=S)NCCc1c[nH]c2ccccc12. The fraction of sp³-hybridized carbons (Fsp3) is 0.190. The van der Waals surface area contributed by atoms with E-state index in [0.717, 1.165) is 16.8 Å². The smallest absolute Gasteiger partial charge is 0.266 e. The topological polar surface area (TPSA) is 65.2 Å². The maximum atomic E-state index is 12.6. The Morgan fingerprint density at radius 2 is 2.10 bits per heavy atom. The summed E-state index contributed by atoms with van der Waals surface area (Å²) < 4.78 is 0.504. The first kappa shape index (κ1) is 19.9. The number of benzene rings is 1. The maximum absolute atomic E-state index is 12.6. The number of amides is 2. The Kier molecular flexibility index (Phi) is 6.13. The van der Waals surface area contributed by atoms with Crippen molar-refractivity contribution >= 4 is 68.4 Å². The van der Waals surface area contributed by atoms with Crippen LogP contribution in [0.15, 0.2) is 52.9 Å². The van der Waals surface area contributed by atoms with E-state index >= 15 is 0 Å². The van der Waals surface area contributed by atoms with E-state index in [2.05, 4.69) is 16.4 Å². The number of hydrogen-bond acceptors (Lipinski definition) is 5. The molecular weight excluding hydrogens is 422 g/mol. The van der Waals surface area contributed by atoms with Gasteiger partial charge in [0.05, 0.1) is 4.91 Å². The molecule has 0 saturated carbocycles. The molecule has 0 unspecified atom stereocenters. The molecule has 0 atom stereocenters. The number of para-hydroxylation sites is 1. The monoisotopic (exact) mass is 441 g/mol. The van der Waals surface area contributed by atoms with Crippen LogP contribution in [-0.2, 0) is 16.0 Å². The fourth-order valence-corrected chi connectivity index (χ4v) is 5.20. The zero-order chi connectivity index (χ0) is 20.2. The minimum absolute atomic E-state index is 0.0823. The summed E-state index contributed by atoms with van der Waals surface area (Å²) in [5.74, 6) is -0.207. The molecule has 3 aromatic rings. The van der Waals surface area contributed by atoms with Crippen LogP contribution in [0.25, 0.3) is 17.0 Å². The van der Waals surface area contributed by atoms with Crippen LogP contribution in [0.4, 0.5) is 0 Å². The second kappa shape index (κ2) is 8.94. The lowest BCUT2D eigenvalue weighted by Crippen LogP contribution is -2.34. The summed E-state index contributed by atoms with van der Waals surface area (Å²) in [6.45, 7) is 0.850. The van der Waals surface area contributed by atoms with Gasteiger partial charge in [-0.15, -0.1) is 11.3 Å². The van der Waals surface area contributed by atoms with Gasteiger partial charge < -0.3 is 10.3 Å². The minimum atomic E-state index is -0.125. The standard InChI is InChI=1S/C21H19N3O2S3/c25-19(22-9-7-14-13-23-17-6-2-1-5-16(14)17)8-10-24-20(26)18(29-21(24)27)12-15-4-3-11-28-15/h1-6,11-13,23H,7-10H2,(H,22,25)/b18-12-. The lowest BCUT2D eigenvalue weighted by Gasteiger charge is -2.14. The number of H-pyrrole nitrogens is 1. The van der Waals surface area contributed by atoms with Gasteiger partial charge in [0, 0.05) is 41.5 Å². The van der Waals surface area contributed by atoms with Gasteiger partial charge in [0.15, 0.2) is 0 Å². The third-order valence-corrected chi connectivity index (χ3v) is 6.84. The van der Waals surface area contributed by atoms with Gasteiger partial charge in [0.2, 0.25) is 5.91 Å². The number of carbonyl (C=O) groups excluding carboxylic acids is 2. The van der Waals surface area contributed by atoms with Crippen LogP contribution in [-0.4, -0.2) is 39.1 Å². The normalized spacial score (nSPS) is 15.6. The molecule has 5 nitrogen and oxygen atoms in total. The highest BCUT2D eigenvalue weighted by Gasteiger charge is 2.32. The molecule has 0 spiro atoms. The number of nitrogens with one attached hydrogen (secondary N) is 2. The van der Waals surface area contributed by atoms with Crippen molar-refractivity contribution in [3.63, 3.8) is 0 Å². The third kappa shape index (κ3) is 4.60. The van der Waals surface area contributed by atoms with Crippen LogP contribution in [0.5, 0.6) is 0 Å². The van der Waals surface area contributed by atoms with Gasteiger partial charge in [0.1, 0.15) is 4.32 Å². The zero-order valence-corrected chi connectivity index (χ0v) is 18.0. The van der Waals surface area contributed by atoms with Crippen LogP contribution in [0.2, 0.25) is 0 Å². The Balaban J connectivity index is 1.26. The van der Waals surface area contributed by atoms with E-state index in [1.54, 1.807) is 11.3 Å². The molecule has 0 aliphatic carbocycles. The summed E-state index contributed by atoms with van der Waals surface area (Å²) in [5, 5.41) is 6.08. The van der Waals surface area contributed by atoms with Crippen molar-refractivity contribution < 1.29 is 9.59 Å². The van der Waals surface area contributed by atoms with Gasteiger partial charge in [-0.1, -0.05) is 48.2 Å². The molecule has 29 heavy (non-hydrogen) atoms. The van der Waals surface area contributed by atoms with Crippen LogP contribution >= 0.6 is 35.3 Å². The molecule has 8 heteroatoms. The second-order valence-corrected chi connectivity index (χ2v) is 9.21. The van der Waals surface area contributed by atoms with Crippen LogP contribution in [0.1, 0.15) is 16.9 Å². The van der Waals surface area contributed by atoms with E-state index in [9.17, 15) is 9.59 Å². The average Bonchev–Trinajstić information content (AvgIpc) is 3.43. The maximum Gasteiger partial charge on any atom is 0.266 e. The number of hydrogen-bond donors (Lipinski definition) is 2. The quantitative estimate of drug-likeness (QED) is 0.426. The molecule has 3 heterocycles. The molecule has 1 fully saturated rings. The van der Waals surface area contributed by atoms with Crippen LogP contribution < -0.4 is 5.32 Å². The molecule has 0 radical (unpaired) electrons. The fourth-order valence-electron chi connectivity index (χ4n) is 3.17. The number of aromatic nitrogens is 1. The van der Waals surface area contributed by atoms with E-state index in [1.807, 2.05) is 48.0 Å². The summed E-state index contributed by atoms with van der Waals surface area (Å²) in [4.78, 5) is 31.2. The molecule has 1 aliphatic rings. The van der Waals surface area contributed by atoms with Crippen molar-refractivity contribution in [3.8, 4) is 0 Å². The summed E-state index contributed by atoms with van der Waals surface area (Å²) in [6, 6.07) is 12.0. The van der Waals surface area contributed by atoms with E-state index in [1.165, 1.54) is 27.6 Å². The molecule has 1 aliphatic heterocycles. The Morgan fingerprint density at radius 1 is 1.24 bits per heavy atom. The summed E-state index contributed by atoms with van der Waals surface area (Å²) in [6.07, 6.45) is 4.81. The van der Waals surface area contributed by atoms with Gasteiger partial charge in [-0.05, 0) is 35.6 Å². The number of aromatic amines is 1. The first-order chi connectivity index (χ1) is 14.1. The van der Waals surface area contributed by atoms with Gasteiger partial charge >= 0.3 is 0 Å². The summed E-state index contributed by atoms with van der Waals surface area (Å²) in [5.41, 5.74) is 2.27. The molecule has 0 bridgehead atoms. The van der Waals surface area contributed by atoms with Crippen molar-refractivity contribution in [1.29, 1.82) is 0 Å². The van der Waals surface area contributed by atoms with E-state index < -0.39 is 0 Å². The van der Waals surface area contributed by atoms with Crippen molar-refractivity contribution in [2.24, 2.45) is 0 Å². The number of nitrogens with zero attached hydrogens (tertiary/aromatic N) is 1. The average molecular weight is 442 g/mol. The third-order valence-electron chi connectivity index (χ3n) is 4.64. The Labute approximate surface area is 182 Å². The van der Waals surface area contributed by atoms with Crippen molar-refractivity contribution in [1.82, 2.24) is 15.2 Å². The predicted octanol–water partition coefficient (Wildman–Crippen LogP) is 4.18. The Morgan fingerprint density at radius 3 is 2.93 bits per heavy atom. The first-order valence-electron chi connectivity index (χ1n) is 9.22. The molecule has 4 rings (SSSR count). The summed E-state index contributed by atoms with van der Waals surface area (Å²) >= 11 is 8.18. The van der Waals surface area contributed by atoms with E-state index in [0.29, 0.717) is 22.3 Å². The minimum Gasteiger partial charge on any atom is -0.361 e. The number of thiophene rings is 1. The number of thiocarbonyl (C=S) groups is 1. The van der Waals surface area contributed by atoms with Crippen molar-refractivity contribution in [3.05, 3.63) is 63.3 Å². The zero-order valence-electron chi connectivity index (χ0n) is 15.5. The van der Waals surface area contributed by atoms with Crippen LogP contribution in [0.3, 0.4) is 0 Å². The van der Waals surface area contributed by atoms with Crippen molar-refractivity contribution in [2.45, 2.75) is 12.8 Å². The van der Waals surface area contributed by atoms with Gasteiger partial charge in [-0.3, -0.25) is 14.5 Å². The molecule has 2 amide bonds. The number of fused-ring (bicyclic) bond motifs is 1. The van der Waals surface area contributed by atoms with Gasteiger partial charge in [-0.2, -0.15) is 0 Å². The van der Waals surface area contributed by atoms with E-state index in [-0.39, 0.29) is 18.2 Å². The summed E-state index contributed by atoms with van der Waals surface area (Å²) in [7, 11) is 0.